The summed E-state index contributed by atoms with van der Waals surface area (Å²) in [6.07, 6.45) is 0.589. The molecule has 6 heteroatoms. The minimum absolute atomic E-state index is 0.327. The Kier molecular flexibility index (Phi) is 5.25. The standard InChI is InChI=1S/C17H20N4O2/c18-13-15-17(19-6-7-21-8-10-22-11-9-21)23-16(20-15)12-14-4-2-1-3-5-14/h1-5,19H,6-12H2/p+1. The average Bonchev–Trinajstić information content (AvgIpc) is 2.98. The first-order valence-electron chi connectivity index (χ1n) is 7.94. The fraction of sp³-hybridized carbons (Fsp3) is 0.412. The summed E-state index contributed by atoms with van der Waals surface area (Å²) in [7, 11) is 0. The Bertz CT molecular complexity index is 657. The monoisotopic (exact) mass is 313 g/mol. The molecule has 0 bridgehead atoms. The number of nitrogens with zero attached hydrogens (tertiary/aromatic N) is 2. The van der Waals surface area contributed by atoms with Crippen LogP contribution in [0.1, 0.15) is 17.1 Å². The fourth-order valence-corrected chi connectivity index (χ4v) is 2.67. The number of quaternary nitrogens is 1. The predicted molar refractivity (Wildman–Crippen MR) is 85.3 cm³/mol. The maximum absolute atomic E-state index is 9.21. The minimum Gasteiger partial charge on any atom is -0.423 e. The van der Waals surface area contributed by atoms with Gasteiger partial charge in [0.15, 0.2) is 0 Å². The zero-order chi connectivity index (χ0) is 15.9. The molecule has 2 N–H and O–H groups in total. The number of hydrogen-bond donors (Lipinski definition) is 2. The maximum atomic E-state index is 9.21. The highest BCUT2D eigenvalue weighted by molar-refractivity contribution is 5.45. The molecule has 0 aliphatic carbocycles. The van der Waals surface area contributed by atoms with Gasteiger partial charge in [0.2, 0.25) is 17.5 Å². The zero-order valence-electron chi connectivity index (χ0n) is 13.0. The van der Waals surface area contributed by atoms with E-state index in [1.54, 1.807) is 0 Å². The molecule has 0 saturated carbocycles. The molecule has 23 heavy (non-hydrogen) atoms. The average molecular weight is 313 g/mol. The van der Waals surface area contributed by atoms with E-state index in [0.717, 1.165) is 45.0 Å². The smallest absolute Gasteiger partial charge is 0.232 e. The Morgan fingerprint density at radius 3 is 2.74 bits per heavy atom. The van der Waals surface area contributed by atoms with Gasteiger partial charge < -0.3 is 19.4 Å². The van der Waals surface area contributed by atoms with Crippen molar-refractivity contribution in [3.63, 3.8) is 0 Å². The van der Waals surface area contributed by atoms with Crippen molar-refractivity contribution in [2.24, 2.45) is 0 Å². The van der Waals surface area contributed by atoms with Gasteiger partial charge in [0.25, 0.3) is 0 Å². The van der Waals surface area contributed by atoms with Crippen LogP contribution in [0.5, 0.6) is 0 Å². The van der Waals surface area contributed by atoms with Crippen molar-refractivity contribution in [3.8, 4) is 6.07 Å². The Hall–Kier alpha value is -2.36. The van der Waals surface area contributed by atoms with E-state index in [1.807, 2.05) is 30.3 Å². The molecule has 1 fully saturated rings. The minimum atomic E-state index is 0.327. The summed E-state index contributed by atoms with van der Waals surface area (Å²) in [5, 5.41) is 12.4. The van der Waals surface area contributed by atoms with E-state index in [1.165, 1.54) is 4.90 Å². The van der Waals surface area contributed by atoms with Crippen molar-refractivity contribution in [1.82, 2.24) is 4.98 Å². The van der Waals surface area contributed by atoms with Gasteiger partial charge in [-0.1, -0.05) is 30.3 Å². The lowest BCUT2D eigenvalue weighted by Gasteiger charge is -2.23. The summed E-state index contributed by atoms with van der Waals surface area (Å²) >= 11 is 0. The molecule has 0 radical (unpaired) electrons. The number of oxazole rings is 1. The molecule has 120 valence electrons. The Balaban J connectivity index is 1.57. The number of aromatic nitrogens is 1. The summed E-state index contributed by atoms with van der Waals surface area (Å²) in [6.45, 7) is 5.43. The quantitative estimate of drug-likeness (QED) is 0.810. The Morgan fingerprint density at radius 1 is 1.22 bits per heavy atom. The van der Waals surface area contributed by atoms with Crippen molar-refractivity contribution in [1.29, 1.82) is 5.26 Å². The highest BCUT2D eigenvalue weighted by Crippen LogP contribution is 2.18. The highest BCUT2D eigenvalue weighted by atomic mass is 16.5. The van der Waals surface area contributed by atoms with Crippen LogP contribution in [-0.2, 0) is 11.2 Å². The van der Waals surface area contributed by atoms with E-state index in [0.29, 0.717) is 23.9 Å². The largest absolute Gasteiger partial charge is 0.423 e. The lowest BCUT2D eigenvalue weighted by Crippen LogP contribution is -3.14. The van der Waals surface area contributed by atoms with Gasteiger partial charge in [0.05, 0.1) is 26.3 Å². The number of anilines is 1. The molecule has 3 rings (SSSR count). The second kappa shape index (κ2) is 7.77. The molecule has 6 nitrogen and oxygen atoms in total. The molecular formula is C17H21N4O2+. The van der Waals surface area contributed by atoms with E-state index in [-0.39, 0.29) is 0 Å². The molecule has 2 heterocycles. The molecule has 1 aliphatic heterocycles. The van der Waals surface area contributed by atoms with Crippen LogP contribution < -0.4 is 10.2 Å². The lowest BCUT2D eigenvalue weighted by atomic mass is 10.1. The first-order valence-corrected chi connectivity index (χ1v) is 7.94. The number of hydrogen-bond acceptors (Lipinski definition) is 5. The molecule has 0 amide bonds. The van der Waals surface area contributed by atoms with Crippen LogP contribution in [0.15, 0.2) is 34.7 Å². The molecule has 1 aromatic heterocycles. The van der Waals surface area contributed by atoms with Crippen LogP contribution in [0.25, 0.3) is 0 Å². The SMILES string of the molecule is N#Cc1nc(Cc2ccccc2)oc1NCC[NH+]1CCOCC1. The van der Waals surface area contributed by atoms with Crippen LogP contribution in [0.3, 0.4) is 0 Å². The molecule has 1 aromatic carbocycles. The van der Waals surface area contributed by atoms with Crippen LogP contribution >= 0.6 is 0 Å². The first kappa shape index (κ1) is 15.5. The van der Waals surface area contributed by atoms with Gasteiger partial charge in [-0.25, -0.2) is 4.98 Å². The van der Waals surface area contributed by atoms with Gasteiger partial charge in [-0.3, -0.25) is 0 Å². The zero-order valence-corrected chi connectivity index (χ0v) is 13.0. The van der Waals surface area contributed by atoms with E-state index in [4.69, 9.17) is 9.15 Å². The lowest BCUT2D eigenvalue weighted by molar-refractivity contribution is -0.906. The summed E-state index contributed by atoms with van der Waals surface area (Å²) in [4.78, 5) is 5.78. The molecule has 0 atom stereocenters. The molecule has 2 aromatic rings. The van der Waals surface area contributed by atoms with Crippen LogP contribution in [0, 0.1) is 11.3 Å². The number of benzene rings is 1. The molecule has 0 unspecified atom stereocenters. The number of rotatable bonds is 6. The van der Waals surface area contributed by atoms with Gasteiger partial charge in [-0.2, -0.15) is 5.26 Å². The molecule has 0 spiro atoms. The number of ether oxygens (including phenoxy) is 1. The molecule has 1 aliphatic rings. The fourth-order valence-electron chi connectivity index (χ4n) is 2.67. The second-order valence-corrected chi connectivity index (χ2v) is 5.60. The van der Waals surface area contributed by atoms with Crippen molar-refractivity contribution in [2.45, 2.75) is 6.42 Å². The first-order chi connectivity index (χ1) is 11.3. The van der Waals surface area contributed by atoms with Gasteiger partial charge in [-0.15, -0.1) is 0 Å². The van der Waals surface area contributed by atoms with Crippen LogP contribution in [0.2, 0.25) is 0 Å². The van der Waals surface area contributed by atoms with Gasteiger partial charge in [0, 0.05) is 6.42 Å². The summed E-state index contributed by atoms with van der Waals surface area (Å²) in [5.74, 6) is 1.04. The highest BCUT2D eigenvalue weighted by Gasteiger charge is 2.16. The topological polar surface area (TPSA) is 75.5 Å². The van der Waals surface area contributed by atoms with Gasteiger partial charge in [-0.05, 0) is 5.56 Å². The van der Waals surface area contributed by atoms with Crippen molar-refractivity contribution >= 4 is 5.88 Å². The third-order valence-corrected chi connectivity index (χ3v) is 3.94. The van der Waals surface area contributed by atoms with Crippen LogP contribution in [-0.4, -0.2) is 44.4 Å². The van der Waals surface area contributed by atoms with Crippen molar-refractivity contribution < 1.29 is 14.1 Å². The third-order valence-electron chi connectivity index (χ3n) is 3.94. The van der Waals surface area contributed by atoms with Gasteiger partial charge in [0.1, 0.15) is 19.2 Å². The van der Waals surface area contributed by atoms with Crippen LogP contribution in [0.4, 0.5) is 5.88 Å². The van der Waals surface area contributed by atoms with E-state index < -0.39 is 0 Å². The number of morpholine rings is 1. The number of nitriles is 1. The summed E-state index contributed by atoms with van der Waals surface area (Å²) in [6, 6.07) is 12.1. The van der Waals surface area contributed by atoms with Crippen molar-refractivity contribution in [3.05, 3.63) is 47.5 Å². The van der Waals surface area contributed by atoms with E-state index in [9.17, 15) is 5.26 Å². The normalized spacial score (nSPS) is 15.3. The maximum Gasteiger partial charge on any atom is 0.232 e. The second-order valence-electron chi connectivity index (χ2n) is 5.60. The van der Waals surface area contributed by atoms with E-state index in [2.05, 4.69) is 16.4 Å². The van der Waals surface area contributed by atoms with Gasteiger partial charge >= 0.3 is 0 Å². The molecular weight excluding hydrogens is 292 g/mol. The van der Waals surface area contributed by atoms with Crippen molar-refractivity contribution in [2.75, 3.05) is 44.7 Å². The summed E-state index contributed by atoms with van der Waals surface area (Å²) < 4.78 is 11.1. The number of nitrogens with one attached hydrogen (secondary N) is 2. The predicted octanol–water partition coefficient (Wildman–Crippen LogP) is 0.464. The summed E-state index contributed by atoms with van der Waals surface area (Å²) in [5.41, 5.74) is 1.44. The Labute approximate surface area is 135 Å². The molecule has 1 saturated heterocycles. The van der Waals surface area contributed by atoms with E-state index >= 15 is 0 Å². The third kappa shape index (κ3) is 4.31. The Morgan fingerprint density at radius 2 is 2.00 bits per heavy atom.